The van der Waals surface area contributed by atoms with Gasteiger partial charge in [0, 0.05) is 12.2 Å². The number of hydrogen-bond donors (Lipinski definition) is 1. The van der Waals surface area contributed by atoms with Crippen molar-refractivity contribution in [2.24, 2.45) is 11.3 Å². The van der Waals surface area contributed by atoms with Gasteiger partial charge in [-0.1, -0.05) is 26.8 Å². The van der Waals surface area contributed by atoms with Crippen molar-refractivity contribution in [3.63, 3.8) is 0 Å². The number of carbonyl (C=O) groups excluding carboxylic acids is 1. The Morgan fingerprint density at radius 2 is 2.15 bits per heavy atom. The molecule has 5 nitrogen and oxygen atoms in total. The van der Waals surface area contributed by atoms with E-state index in [9.17, 15) is 9.59 Å². The number of nitrogens with one attached hydrogen (secondary N) is 1. The van der Waals surface area contributed by atoms with Gasteiger partial charge in [-0.15, -0.1) is 11.3 Å². The van der Waals surface area contributed by atoms with Gasteiger partial charge in [0.15, 0.2) is 0 Å². The van der Waals surface area contributed by atoms with E-state index in [1.807, 2.05) is 6.07 Å². The maximum atomic E-state index is 12.8. The third kappa shape index (κ3) is 3.14. The predicted molar refractivity (Wildman–Crippen MR) is 105 cm³/mol. The minimum absolute atomic E-state index is 0.101. The highest BCUT2D eigenvalue weighted by Crippen LogP contribution is 2.38. The third-order valence-electron chi connectivity index (χ3n) is 5.16. The molecule has 3 aromatic heterocycles. The van der Waals surface area contributed by atoms with Gasteiger partial charge in [-0.2, -0.15) is 0 Å². The fourth-order valence-electron chi connectivity index (χ4n) is 4.37. The van der Waals surface area contributed by atoms with Crippen LogP contribution in [0.5, 0.6) is 0 Å². The van der Waals surface area contributed by atoms with Crippen molar-refractivity contribution >= 4 is 33.1 Å². The lowest BCUT2D eigenvalue weighted by Crippen LogP contribution is -2.42. The molecule has 0 spiro atoms. The lowest BCUT2D eigenvalue weighted by molar-refractivity contribution is 0.0878. The van der Waals surface area contributed by atoms with Crippen LogP contribution in [0.15, 0.2) is 35.3 Å². The first-order valence-corrected chi connectivity index (χ1v) is 9.86. The molecule has 2 atom stereocenters. The standard InChI is InChI=1S/C20H23N3O2S/c1-12-8-13(11-20(2,3)10-12)21-17(24)15-9-14-18(26-15)22-16-6-4-5-7-23(16)19(14)25/h4-7,9,12-13H,8,10-11H2,1-3H3,(H,21,24)/t12-,13+/m0/s1. The van der Waals surface area contributed by atoms with E-state index in [2.05, 4.69) is 31.1 Å². The highest BCUT2D eigenvalue weighted by atomic mass is 32.1. The Balaban J connectivity index is 1.64. The van der Waals surface area contributed by atoms with Gasteiger partial charge >= 0.3 is 0 Å². The fourth-order valence-corrected chi connectivity index (χ4v) is 5.30. The van der Waals surface area contributed by atoms with Gasteiger partial charge in [0.1, 0.15) is 10.5 Å². The van der Waals surface area contributed by atoms with Crippen molar-refractivity contribution < 1.29 is 4.79 Å². The van der Waals surface area contributed by atoms with Crippen LogP contribution in [0, 0.1) is 11.3 Å². The summed E-state index contributed by atoms with van der Waals surface area (Å²) in [5, 5.41) is 3.68. The van der Waals surface area contributed by atoms with Crippen LogP contribution in [0.2, 0.25) is 0 Å². The van der Waals surface area contributed by atoms with Gasteiger partial charge in [-0.25, -0.2) is 4.98 Å². The molecule has 1 saturated carbocycles. The summed E-state index contributed by atoms with van der Waals surface area (Å²) in [4.78, 5) is 31.1. The number of thiophene rings is 1. The van der Waals surface area contributed by atoms with Crippen LogP contribution in [0.3, 0.4) is 0 Å². The Bertz CT molecular complexity index is 1050. The second-order valence-corrected chi connectivity index (χ2v) is 9.29. The third-order valence-corrected chi connectivity index (χ3v) is 6.19. The molecule has 26 heavy (non-hydrogen) atoms. The molecule has 1 N–H and O–H groups in total. The predicted octanol–water partition coefficient (Wildman–Crippen LogP) is 3.85. The molecule has 1 aliphatic rings. The normalized spacial score (nSPS) is 22.6. The molecule has 0 aliphatic heterocycles. The molecule has 1 amide bonds. The molecular formula is C20H23N3O2S. The maximum absolute atomic E-state index is 12.8. The van der Waals surface area contributed by atoms with E-state index in [4.69, 9.17) is 0 Å². The van der Waals surface area contributed by atoms with Crippen LogP contribution >= 0.6 is 11.3 Å². The number of pyridine rings is 1. The molecule has 136 valence electrons. The fraction of sp³-hybridized carbons (Fsp3) is 0.450. The van der Waals surface area contributed by atoms with Crippen LogP contribution in [0.25, 0.3) is 15.9 Å². The molecule has 1 aliphatic carbocycles. The number of rotatable bonds is 2. The Hall–Kier alpha value is -2.21. The van der Waals surface area contributed by atoms with Crippen LogP contribution in [-0.2, 0) is 0 Å². The molecule has 0 unspecified atom stereocenters. The second kappa shape index (κ2) is 6.20. The molecule has 1 fully saturated rings. The molecule has 4 rings (SSSR count). The van der Waals surface area contributed by atoms with Gasteiger partial charge < -0.3 is 5.32 Å². The number of hydrogen-bond acceptors (Lipinski definition) is 4. The summed E-state index contributed by atoms with van der Waals surface area (Å²) >= 11 is 1.29. The van der Waals surface area contributed by atoms with Crippen molar-refractivity contribution in [1.29, 1.82) is 0 Å². The maximum Gasteiger partial charge on any atom is 0.266 e. The van der Waals surface area contributed by atoms with Gasteiger partial charge in [0.05, 0.1) is 10.3 Å². The zero-order chi connectivity index (χ0) is 18.5. The molecule has 6 heteroatoms. The Labute approximate surface area is 156 Å². The lowest BCUT2D eigenvalue weighted by Gasteiger charge is -2.39. The van der Waals surface area contributed by atoms with Crippen LogP contribution in [0.1, 0.15) is 49.7 Å². The first-order valence-electron chi connectivity index (χ1n) is 9.04. The van der Waals surface area contributed by atoms with E-state index in [-0.39, 0.29) is 22.9 Å². The summed E-state index contributed by atoms with van der Waals surface area (Å²) in [6.45, 7) is 6.77. The van der Waals surface area contributed by atoms with Crippen molar-refractivity contribution in [3.8, 4) is 0 Å². The summed E-state index contributed by atoms with van der Waals surface area (Å²) < 4.78 is 1.52. The van der Waals surface area contributed by atoms with Gasteiger partial charge in [0.2, 0.25) is 0 Å². The molecule has 0 bridgehead atoms. The number of carbonyl (C=O) groups is 1. The van der Waals surface area contributed by atoms with E-state index in [0.29, 0.717) is 26.7 Å². The number of amides is 1. The zero-order valence-electron chi connectivity index (χ0n) is 15.3. The van der Waals surface area contributed by atoms with Crippen molar-refractivity contribution in [2.45, 2.75) is 46.1 Å². The zero-order valence-corrected chi connectivity index (χ0v) is 16.1. The minimum atomic E-state index is -0.131. The van der Waals surface area contributed by atoms with Crippen LogP contribution < -0.4 is 10.9 Å². The highest BCUT2D eigenvalue weighted by molar-refractivity contribution is 7.20. The van der Waals surface area contributed by atoms with E-state index in [0.717, 1.165) is 12.8 Å². The molecule has 0 aromatic carbocycles. The topological polar surface area (TPSA) is 63.5 Å². The largest absolute Gasteiger partial charge is 0.349 e. The summed E-state index contributed by atoms with van der Waals surface area (Å²) in [5.74, 6) is 0.499. The van der Waals surface area contributed by atoms with Crippen molar-refractivity contribution in [1.82, 2.24) is 14.7 Å². The number of aromatic nitrogens is 2. The van der Waals surface area contributed by atoms with E-state index in [1.165, 1.54) is 22.2 Å². The average Bonchev–Trinajstić information content (AvgIpc) is 2.97. The van der Waals surface area contributed by atoms with E-state index >= 15 is 0 Å². The van der Waals surface area contributed by atoms with Crippen molar-refractivity contribution in [2.75, 3.05) is 0 Å². The number of fused-ring (bicyclic) bond motifs is 2. The van der Waals surface area contributed by atoms with E-state index < -0.39 is 0 Å². The SMILES string of the molecule is C[C@H]1C[C@@H](NC(=O)c2cc3c(=O)n4ccccc4nc3s2)CC(C)(C)C1. The van der Waals surface area contributed by atoms with Gasteiger partial charge in [-0.05, 0) is 48.8 Å². The van der Waals surface area contributed by atoms with Crippen LogP contribution in [0.4, 0.5) is 0 Å². The summed E-state index contributed by atoms with van der Waals surface area (Å²) in [7, 11) is 0. The first-order chi connectivity index (χ1) is 12.3. The van der Waals surface area contributed by atoms with Gasteiger partial charge in [-0.3, -0.25) is 14.0 Å². The summed E-state index contributed by atoms with van der Waals surface area (Å²) in [6.07, 6.45) is 4.88. The smallest absolute Gasteiger partial charge is 0.266 e. The second-order valence-electron chi connectivity index (χ2n) is 8.26. The first kappa shape index (κ1) is 17.2. The molecular weight excluding hydrogens is 346 g/mol. The molecule has 0 saturated heterocycles. The summed E-state index contributed by atoms with van der Waals surface area (Å²) in [6, 6.07) is 7.31. The van der Waals surface area contributed by atoms with Crippen molar-refractivity contribution in [3.05, 3.63) is 45.7 Å². The van der Waals surface area contributed by atoms with E-state index in [1.54, 1.807) is 24.4 Å². The van der Waals surface area contributed by atoms with Crippen LogP contribution in [-0.4, -0.2) is 21.3 Å². The average molecular weight is 369 g/mol. The highest BCUT2D eigenvalue weighted by Gasteiger charge is 2.33. The van der Waals surface area contributed by atoms with Gasteiger partial charge in [0.25, 0.3) is 11.5 Å². The lowest BCUT2D eigenvalue weighted by atomic mass is 9.70. The monoisotopic (exact) mass is 369 g/mol. The Morgan fingerprint density at radius 1 is 1.35 bits per heavy atom. The Morgan fingerprint density at radius 3 is 2.92 bits per heavy atom. The number of nitrogens with zero attached hydrogens (tertiary/aromatic N) is 2. The molecule has 3 aromatic rings. The molecule has 3 heterocycles. The quantitative estimate of drug-likeness (QED) is 0.746. The summed E-state index contributed by atoms with van der Waals surface area (Å²) in [5.41, 5.74) is 0.712. The minimum Gasteiger partial charge on any atom is -0.349 e. The Kier molecular flexibility index (Phi) is 4.10. The molecule has 0 radical (unpaired) electrons.